The topological polar surface area (TPSA) is 37.8 Å². The Kier molecular flexibility index (Phi) is 4.20. The van der Waals surface area contributed by atoms with Gasteiger partial charge in [-0.3, -0.25) is 0 Å². The van der Waals surface area contributed by atoms with E-state index in [1.165, 1.54) is 10.5 Å². The number of aromatic nitrogens is 2. The predicted octanol–water partition coefficient (Wildman–Crippen LogP) is 3.54. The molecule has 94 valence electrons. The number of nitrogens with zero attached hydrogens (tertiary/aromatic N) is 2. The first-order chi connectivity index (χ1) is 8.71. The molecule has 0 atom stereocenters. The van der Waals surface area contributed by atoms with E-state index >= 15 is 0 Å². The van der Waals surface area contributed by atoms with Crippen LogP contribution in [0.5, 0.6) is 0 Å². The third-order valence-electron chi connectivity index (χ3n) is 2.53. The molecule has 1 aromatic carbocycles. The van der Waals surface area contributed by atoms with Crippen molar-refractivity contribution in [2.45, 2.75) is 30.2 Å². The van der Waals surface area contributed by atoms with Crippen LogP contribution in [-0.2, 0) is 6.42 Å². The van der Waals surface area contributed by atoms with Gasteiger partial charge in [0, 0.05) is 24.4 Å². The minimum atomic E-state index is 0.844. The van der Waals surface area contributed by atoms with Crippen molar-refractivity contribution in [1.82, 2.24) is 9.97 Å². The predicted molar refractivity (Wildman–Crippen MR) is 76.3 cm³/mol. The molecule has 0 fully saturated rings. The molecule has 0 aliphatic rings. The lowest BCUT2D eigenvalue weighted by Crippen LogP contribution is -2.00. The van der Waals surface area contributed by atoms with Gasteiger partial charge in [0.05, 0.1) is 0 Å². The maximum absolute atomic E-state index is 4.54. The maximum Gasteiger partial charge on any atom is 0.131 e. The molecule has 0 bridgehead atoms. The van der Waals surface area contributed by atoms with Crippen molar-refractivity contribution < 1.29 is 0 Å². The lowest BCUT2D eigenvalue weighted by atomic mass is 10.2. The smallest absolute Gasteiger partial charge is 0.131 e. The number of nitrogens with one attached hydrogen (secondary N) is 1. The largest absolute Gasteiger partial charge is 0.373 e. The Balaban J connectivity index is 2.28. The summed E-state index contributed by atoms with van der Waals surface area (Å²) in [6, 6.07) is 10.4. The monoisotopic (exact) mass is 259 g/mol. The molecule has 1 heterocycles. The zero-order valence-electron chi connectivity index (χ0n) is 10.9. The summed E-state index contributed by atoms with van der Waals surface area (Å²) in [6.07, 6.45) is 0.844. The summed E-state index contributed by atoms with van der Waals surface area (Å²) in [5.74, 6) is 1.74. The van der Waals surface area contributed by atoms with E-state index in [9.17, 15) is 0 Å². The third-order valence-corrected chi connectivity index (χ3v) is 3.44. The van der Waals surface area contributed by atoms with Gasteiger partial charge in [-0.1, -0.05) is 36.4 Å². The second kappa shape index (κ2) is 5.87. The van der Waals surface area contributed by atoms with Gasteiger partial charge in [0.1, 0.15) is 16.7 Å². The Bertz CT molecular complexity index is 518. The minimum Gasteiger partial charge on any atom is -0.373 e. The number of aryl methyl sites for hydroxylation is 2. The van der Waals surface area contributed by atoms with E-state index < -0.39 is 0 Å². The van der Waals surface area contributed by atoms with Gasteiger partial charge < -0.3 is 5.32 Å². The van der Waals surface area contributed by atoms with E-state index in [1.807, 2.05) is 13.1 Å². The summed E-state index contributed by atoms with van der Waals surface area (Å²) in [7, 11) is 1.88. The van der Waals surface area contributed by atoms with Crippen LogP contribution in [0.3, 0.4) is 0 Å². The molecule has 2 rings (SSSR count). The number of hydrogen-bond donors (Lipinski definition) is 1. The molecule has 0 unspecified atom stereocenters. The zero-order valence-corrected chi connectivity index (χ0v) is 11.7. The summed E-state index contributed by atoms with van der Waals surface area (Å²) in [4.78, 5) is 10.1. The minimum absolute atomic E-state index is 0.844. The van der Waals surface area contributed by atoms with E-state index in [1.54, 1.807) is 11.8 Å². The second-order valence-corrected chi connectivity index (χ2v) is 5.12. The Morgan fingerprint density at radius 3 is 2.72 bits per heavy atom. The van der Waals surface area contributed by atoms with Gasteiger partial charge in [-0.05, 0) is 19.1 Å². The fourth-order valence-corrected chi connectivity index (χ4v) is 2.57. The van der Waals surface area contributed by atoms with Crippen LogP contribution >= 0.6 is 11.8 Å². The van der Waals surface area contributed by atoms with Crippen molar-refractivity contribution in [2.75, 3.05) is 12.4 Å². The first-order valence-corrected chi connectivity index (χ1v) is 6.83. The molecule has 18 heavy (non-hydrogen) atoms. The lowest BCUT2D eigenvalue weighted by Gasteiger charge is -2.06. The molecule has 0 aliphatic heterocycles. The van der Waals surface area contributed by atoms with Gasteiger partial charge in [-0.2, -0.15) is 0 Å². The van der Waals surface area contributed by atoms with Crippen LogP contribution < -0.4 is 5.32 Å². The quantitative estimate of drug-likeness (QED) is 0.852. The summed E-state index contributed by atoms with van der Waals surface area (Å²) < 4.78 is 0. The fraction of sp³-hybridized carbons (Fsp3) is 0.286. The van der Waals surface area contributed by atoms with Crippen LogP contribution in [0, 0.1) is 6.92 Å². The molecular formula is C14H17N3S. The number of rotatable bonds is 4. The highest BCUT2D eigenvalue weighted by molar-refractivity contribution is 7.99. The molecule has 0 radical (unpaired) electrons. The van der Waals surface area contributed by atoms with Gasteiger partial charge in [0.2, 0.25) is 0 Å². The number of anilines is 1. The van der Waals surface area contributed by atoms with E-state index in [0.29, 0.717) is 0 Å². The van der Waals surface area contributed by atoms with Crippen molar-refractivity contribution in [3.8, 4) is 0 Å². The lowest BCUT2D eigenvalue weighted by molar-refractivity contribution is 0.891. The summed E-state index contributed by atoms with van der Waals surface area (Å²) in [6.45, 7) is 4.16. The van der Waals surface area contributed by atoms with Crippen LogP contribution in [0.25, 0.3) is 0 Å². The summed E-state index contributed by atoms with van der Waals surface area (Å²) in [5, 5.41) is 4.06. The van der Waals surface area contributed by atoms with Crippen LogP contribution in [0.4, 0.5) is 5.82 Å². The zero-order chi connectivity index (χ0) is 13.0. The average molecular weight is 259 g/mol. The van der Waals surface area contributed by atoms with Crippen LogP contribution in [0.15, 0.2) is 40.3 Å². The average Bonchev–Trinajstić information content (AvgIpc) is 2.38. The summed E-state index contributed by atoms with van der Waals surface area (Å²) >= 11 is 1.67. The van der Waals surface area contributed by atoms with E-state index in [2.05, 4.69) is 53.4 Å². The summed E-state index contributed by atoms with van der Waals surface area (Å²) in [5.41, 5.74) is 1.26. The highest BCUT2D eigenvalue weighted by Crippen LogP contribution is 2.27. The molecular weight excluding hydrogens is 242 g/mol. The van der Waals surface area contributed by atoms with Crippen LogP contribution in [0.2, 0.25) is 0 Å². The van der Waals surface area contributed by atoms with Gasteiger partial charge >= 0.3 is 0 Å². The Morgan fingerprint density at radius 1 is 1.22 bits per heavy atom. The van der Waals surface area contributed by atoms with Gasteiger partial charge in [-0.25, -0.2) is 9.97 Å². The number of benzene rings is 1. The van der Waals surface area contributed by atoms with Gasteiger partial charge in [0.15, 0.2) is 0 Å². The van der Waals surface area contributed by atoms with Crippen molar-refractivity contribution in [1.29, 1.82) is 0 Å². The number of hydrogen-bond acceptors (Lipinski definition) is 4. The van der Waals surface area contributed by atoms with Crippen molar-refractivity contribution in [2.24, 2.45) is 0 Å². The van der Waals surface area contributed by atoms with Crippen LogP contribution in [0.1, 0.15) is 18.3 Å². The van der Waals surface area contributed by atoms with Crippen molar-refractivity contribution in [3.05, 3.63) is 41.7 Å². The molecule has 0 saturated carbocycles. The van der Waals surface area contributed by atoms with E-state index in [-0.39, 0.29) is 0 Å². The standard InChI is InChI=1S/C14H17N3S/c1-4-12-16-13(15-3)9-14(17-12)18-11-7-5-6-10(2)8-11/h5-9H,4H2,1-3H3,(H,15,16,17). The van der Waals surface area contributed by atoms with Gasteiger partial charge in [0.25, 0.3) is 0 Å². The molecule has 3 nitrogen and oxygen atoms in total. The molecule has 1 N–H and O–H groups in total. The first-order valence-electron chi connectivity index (χ1n) is 6.01. The molecule has 0 amide bonds. The highest BCUT2D eigenvalue weighted by Gasteiger charge is 2.04. The molecule has 2 aromatic rings. The van der Waals surface area contributed by atoms with E-state index in [4.69, 9.17) is 0 Å². The Hall–Kier alpha value is -1.55. The van der Waals surface area contributed by atoms with Crippen LogP contribution in [-0.4, -0.2) is 17.0 Å². The second-order valence-electron chi connectivity index (χ2n) is 4.03. The van der Waals surface area contributed by atoms with E-state index in [0.717, 1.165) is 23.1 Å². The Morgan fingerprint density at radius 2 is 2.06 bits per heavy atom. The van der Waals surface area contributed by atoms with Crippen molar-refractivity contribution in [3.63, 3.8) is 0 Å². The first kappa shape index (κ1) is 12.9. The maximum atomic E-state index is 4.54. The highest BCUT2D eigenvalue weighted by atomic mass is 32.2. The molecule has 1 aromatic heterocycles. The van der Waals surface area contributed by atoms with Crippen molar-refractivity contribution >= 4 is 17.6 Å². The molecule has 0 saturated heterocycles. The fourth-order valence-electron chi connectivity index (χ4n) is 1.61. The normalized spacial score (nSPS) is 10.4. The molecule has 0 spiro atoms. The molecule has 0 aliphatic carbocycles. The Labute approximate surface area is 112 Å². The SMILES string of the molecule is CCc1nc(NC)cc(Sc2cccc(C)c2)n1. The molecule has 4 heteroatoms. The van der Waals surface area contributed by atoms with Gasteiger partial charge in [-0.15, -0.1) is 0 Å². The third kappa shape index (κ3) is 3.23.